The summed E-state index contributed by atoms with van der Waals surface area (Å²) in [5.41, 5.74) is 2.24. The molecule has 1 saturated carbocycles. The van der Waals surface area contributed by atoms with E-state index in [9.17, 15) is 16.3 Å². The van der Waals surface area contributed by atoms with Crippen LogP contribution in [0.15, 0.2) is 48.8 Å². The Kier molecular flexibility index (Phi) is 6.76. The van der Waals surface area contributed by atoms with Crippen LogP contribution in [0.3, 0.4) is 0 Å². The lowest BCUT2D eigenvalue weighted by Gasteiger charge is -2.31. The highest BCUT2D eigenvalue weighted by Crippen LogP contribution is 2.38. The normalized spacial score (nSPS) is 16.0. The molecule has 10 heteroatoms. The predicted octanol–water partition coefficient (Wildman–Crippen LogP) is 6.77. The van der Waals surface area contributed by atoms with E-state index in [0.717, 1.165) is 12.8 Å². The molecule has 2 atom stereocenters. The van der Waals surface area contributed by atoms with Gasteiger partial charge in [0.2, 0.25) is 0 Å². The van der Waals surface area contributed by atoms with E-state index < -0.39 is 11.8 Å². The van der Waals surface area contributed by atoms with E-state index in [2.05, 4.69) is 38.1 Å². The highest BCUT2D eigenvalue weighted by atomic mass is 35.5. The van der Waals surface area contributed by atoms with Crippen molar-refractivity contribution in [1.82, 2.24) is 20.0 Å². The summed E-state index contributed by atoms with van der Waals surface area (Å²) in [6.07, 6.45) is 5.43. The number of nitrogens with one attached hydrogen (secondary N) is 2. The molecule has 39 heavy (non-hydrogen) atoms. The van der Waals surface area contributed by atoms with Gasteiger partial charge in [-0.1, -0.05) is 49.7 Å². The van der Waals surface area contributed by atoms with Crippen molar-refractivity contribution in [2.75, 3.05) is 10.6 Å². The summed E-state index contributed by atoms with van der Waals surface area (Å²) in [6, 6.07) is 11.9. The van der Waals surface area contributed by atoms with Gasteiger partial charge in [0, 0.05) is 23.3 Å². The lowest BCUT2D eigenvalue weighted by molar-refractivity contribution is 0.344. The van der Waals surface area contributed by atoms with Crippen LogP contribution in [-0.2, 0) is 0 Å². The highest BCUT2D eigenvalue weighted by molar-refractivity contribution is 6.35. The molecule has 198 valence electrons. The van der Waals surface area contributed by atoms with Crippen LogP contribution in [0.4, 0.5) is 15.8 Å². The molecule has 0 bridgehead atoms. The zero-order chi connectivity index (χ0) is 28.7. The van der Waals surface area contributed by atoms with Gasteiger partial charge < -0.3 is 10.6 Å². The molecule has 4 aromatic rings. The smallest absolute Gasteiger partial charge is 0.123 e. The molecular weight excluding hydrogens is 515 g/mol. The molecule has 2 N–H and O–H groups in total. The fraction of sp³-hybridized carbons (Fsp3) is 0.345. The standard InChI is InChI=1S/C29H28ClFN8/c1-29(2,3)25(10-11-32)36-26-18(14-33)15-34-28-22(26)12-20(13-23(28)30)35-27(17-4-6-19(31)7-5-17)24-16-39(38-37-24)21-8-9-21/h4-7,12-13,15-16,21,25,27,35H,8-10H2,1-3H3,(H,34,36)/t25-,27?/m1/s1/i27D. The van der Waals surface area contributed by atoms with Gasteiger partial charge in [-0.3, -0.25) is 4.98 Å². The van der Waals surface area contributed by atoms with Crippen molar-refractivity contribution in [2.45, 2.75) is 58.1 Å². The minimum atomic E-state index is -1.64. The van der Waals surface area contributed by atoms with E-state index in [0.29, 0.717) is 44.1 Å². The second kappa shape index (κ2) is 10.5. The zero-order valence-electron chi connectivity index (χ0n) is 22.8. The van der Waals surface area contributed by atoms with E-state index in [1.54, 1.807) is 23.0 Å². The van der Waals surface area contributed by atoms with E-state index >= 15 is 0 Å². The van der Waals surface area contributed by atoms with Gasteiger partial charge in [-0.2, -0.15) is 10.5 Å². The minimum absolute atomic E-state index is 0.223. The Labute approximate surface area is 232 Å². The molecule has 1 aliphatic rings. The Hall–Kier alpha value is -4.21. The van der Waals surface area contributed by atoms with Crippen LogP contribution in [0, 0.1) is 33.9 Å². The fourth-order valence-electron chi connectivity index (χ4n) is 4.37. The number of hydrogen-bond donors (Lipinski definition) is 2. The summed E-state index contributed by atoms with van der Waals surface area (Å²) in [6.45, 7) is 6.05. The summed E-state index contributed by atoms with van der Waals surface area (Å²) in [4.78, 5) is 4.42. The maximum absolute atomic E-state index is 13.8. The van der Waals surface area contributed by atoms with Gasteiger partial charge in [-0.15, -0.1) is 5.10 Å². The van der Waals surface area contributed by atoms with Gasteiger partial charge in [0.1, 0.15) is 17.6 Å². The number of anilines is 2. The average Bonchev–Trinajstić information content (AvgIpc) is 3.64. The zero-order valence-corrected chi connectivity index (χ0v) is 22.6. The number of benzene rings is 2. The Morgan fingerprint density at radius 3 is 2.59 bits per heavy atom. The van der Waals surface area contributed by atoms with Crippen molar-refractivity contribution < 1.29 is 5.76 Å². The molecule has 5 rings (SSSR count). The topological polar surface area (TPSA) is 115 Å². The van der Waals surface area contributed by atoms with Crippen molar-refractivity contribution in [2.24, 2.45) is 5.41 Å². The van der Waals surface area contributed by atoms with Crippen molar-refractivity contribution in [3.63, 3.8) is 0 Å². The fourth-order valence-corrected chi connectivity index (χ4v) is 4.63. The molecule has 1 aliphatic carbocycles. The average molecular weight is 544 g/mol. The van der Waals surface area contributed by atoms with E-state index in [1.165, 1.54) is 30.5 Å². The third-order valence-electron chi connectivity index (χ3n) is 6.79. The molecule has 1 fully saturated rings. The van der Waals surface area contributed by atoms with E-state index in [4.69, 9.17) is 11.6 Å². The van der Waals surface area contributed by atoms with Gasteiger partial charge in [-0.25, -0.2) is 9.07 Å². The van der Waals surface area contributed by atoms with Gasteiger partial charge >= 0.3 is 0 Å². The van der Waals surface area contributed by atoms with Crippen LogP contribution in [0.1, 0.15) is 70.3 Å². The van der Waals surface area contributed by atoms with Crippen LogP contribution >= 0.6 is 11.6 Å². The lowest BCUT2D eigenvalue weighted by atomic mass is 9.84. The quantitative estimate of drug-likeness (QED) is 0.252. The Morgan fingerprint density at radius 2 is 1.95 bits per heavy atom. The first-order valence-corrected chi connectivity index (χ1v) is 13.0. The summed E-state index contributed by atoms with van der Waals surface area (Å²) in [5, 5.41) is 35.4. The molecule has 0 saturated heterocycles. The SMILES string of the molecule is [2H]C(Nc1cc(Cl)c2ncc(C#N)c(N[C@H](CC#N)C(C)(C)C)c2c1)(c1ccc(F)cc1)c1cn(C2CC2)nn1. The van der Waals surface area contributed by atoms with Crippen LogP contribution in [0.5, 0.6) is 0 Å². The predicted molar refractivity (Wildman–Crippen MR) is 149 cm³/mol. The second-order valence-electron chi connectivity index (χ2n) is 10.8. The maximum Gasteiger partial charge on any atom is 0.123 e. The first-order valence-electron chi connectivity index (χ1n) is 13.2. The Bertz CT molecular complexity index is 1650. The molecule has 2 aromatic carbocycles. The number of nitrogens with zero attached hydrogens (tertiary/aromatic N) is 6. The van der Waals surface area contributed by atoms with Crippen LogP contribution in [0.2, 0.25) is 5.02 Å². The monoisotopic (exact) mass is 543 g/mol. The third-order valence-corrected chi connectivity index (χ3v) is 7.08. The summed E-state index contributed by atoms with van der Waals surface area (Å²) in [5.74, 6) is -0.418. The number of pyridine rings is 1. The molecule has 1 unspecified atom stereocenters. The van der Waals surface area contributed by atoms with Crippen molar-refractivity contribution in [1.29, 1.82) is 10.5 Å². The number of rotatable bonds is 8. The minimum Gasteiger partial charge on any atom is -0.379 e. The molecule has 8 nitrogen and oxygen atoms in total. The molecule has 2 heterocycles. The summed E-state index contributed by atoms with van der Waals surface area (Å²) in [7, 11) is 0. The van der Waals surface area contributed by atoms with Gasteiger partial charge in [0.05, 0.1) is 53.9 Å². The molecular formula is C29H28ClFN8. The Balaban J connectivity index is 1.64. The van der Waals surface area contributed by atoms with E-state index in [1.807, 2.05) is 20.8 Å². The molecule has 0 amide bonds. The molecule has 0 radical (unpaired) electrons. The molecule has 2 aromatic heterocycles. The molecule has 0 spiro atoms. The third kappa shape index (κ3) is 5.64. The highest BCUT2D eigenvalue weighted by Gasteiger charge is 2.28. The first-order chi connectivity index (χ1) is 19.0. The summed E-state index contributed by atoms with van der Waals surface area (Å²) < 4.78 is 25.1. The number of hydrogen-bond acceptors (Lipinski definition) is 7. The largest absolute Gasteiger partial charge is 0.379 e. The number of nitriles is 2. The van der Waals surface area contributed by atoms with Crippen molar-refractivity contribution in [3.05, 3.63) is 76.5 Å². The van der Waals surface area contributed by atoms with Crippen molar-refractivity contribution >= 4 is 33.9 Å². The number of fused-ring (bicyclic) bond motifs is 1. The first kappa shape index (κ1) is 25.1. The van der Waals surface area contributed by atoms with Gasteiger partial charge in [0.15, 0.2) is 0 Å². The number of halogens is 2. The molecule has 0 aliphatic heterocycles. The maximum atomic E-state index is 13.8. The van der Waals surface area contributed by atoms with Crippen LogP contribution in [0.25, 0.3) is 10.9 Å². The van der Waals surface area contributed by atoms with Gasteiger partial charge in [-0.05, 0) is 48.1 Å². The summed E-state index contributed by atoms with van der Waals surface area (Å²) >= 11 is 6.70. The van der Waals surface area contributed by atoms with Crippen LogP contribution < -0.4 is 10.6 Å². The van der Waals surface area contributed by atoms with Crippen molar-refractivity contribution in [3.8, 4) is 12.1 Å². The lowest BCUT2D eigenvalue weighted by Crippen LogP contribution is -2.34. The van der Waals surface area contributed by atoms with Gasteiger partial charge in [0.25, 0.3) is 0 Å². The second-order valence-corrected chi connectivity index (χ2v) is 11.2. The van der Waals surface area contributed by atoms with E-state index in [-0.39, 0.29) is 23.9 Å². The number of aromatic nitrogens is 4. The van der Waals surface area contributed by atoms with Crippen LogP contribution in [-0.4, -0.2) is 26.0 Å². The Morgan fingerprint density at radius 1 is 1.21 bits per heavy atom.